The van der Waals surface area contributed by atoms with Crippen molar-refractivity contribution in [2.45, 2.75) is 26.0 Å². The van der Waals surface area contributed by atoms with E-state index in [2.05, 4.69) is 15.9 Å². The third-order valence-corrected chi connectivity index (χ3v) is 3.97. The van der Waals surface area contributed by atoms with Gasteiger partial charge < -0.3 is 10.8 Å². The zero-order valence-corrected chi connectivity index (χ0v) is 10.1. The maximum Gasteiger partial charge on any atom is 0.0764 e. The van der Waals surface area contributed by atoms with E-state index in [1.54, 1.807) is 11.3 Å². The van der Waals surface area contributed by atoms with Crippen molar-refractivity contribution in [2.75, 3.05) is 0 Å². The van der Waals surface area contributed by atoms with Crippen LogP contribution in [0.4, 0.5) is 0 Å². The van der Waals surface area contributed by atoms with E-state index in [1.165, 1.54) is 0 Å². The van der Waals surface area contributed by atoms with E-state index in [-0.39, 0.29) is 12.0 Å². The quantitative estimate of drug-likeness (QED) is 0.881. The summed E-state index contributed by atoms with van der Waals surface area (Å²) in [6.45, 7) is 3.93. The van der Waals surface area contributed by atoms with E-state index >= 15 is 0 Å². The van der Waals surface area contributed by atoms with Gasteiger partial charge in [-0.15, -0.1) is 11.3 Å². The van der Waals surface area contributed by atoms with Gasteiger partial charge >= 0.3 is 0 Å². The molecule has 0 spiro atoms. The lowest BCUT2D eigenvalue weighted by Crippen LogP contribution is -2.30. The van der Waals surface area contributed by atoms with Gasteiger partial charge in [-0.1, -0.05) is 13.8 Å². The van der Waals surface area contributed by atoms with Gasteiger partial charge in [0.15, 0.2) is 0 Å². The van der Waals surface area contributed by atoms with Gasteiger partial charge in [0.05, 0.1) is 12.1 Å². The van der Waals surface area contributed by atoms with E-state index in [0.29, 0.717) is 0 Å². The first-order valence-electron chi connectivity index (χ1n) is 4.20. The fourth-order valence-electron chi connectivity index (χ4n) is 1.11. The van der Waals surface area contributed by atoms with Crippen molar-refractivity contribution in [1.82, 2.24) is 0 Å². The SMILES string of the molecule is CC(C)C(O)C(N)c1sccc1Br. The molecule has 1 aromatic heterocycles. The Morgan fingerprint density at radius 2 is 2.15 bits per heavy atom. The van der Waals surface area contributed by atoms with Crippen LogP contribution in [0.3, 0.4) is 0 Å². The van der Waals surface area contributed by atoms with Crippen molar-refractivity contribution in [3.05, 3.63) is 20.8 Å². The van der Waals surface area contributed by atoms with Crippen molar-refractivity contribution in [3.63, 3.8) is 0 Å². The Kier molecular flexibility index (Phi) is 3.91. The predicted molar refractivity (Wildman–Crippen MR) is 59.8 cm³/mol. The van der Waals surface area contributed by atoms with E-state index in [9.17, 15) is 5.11 Å². The summed E-state index contributed by atoms with van der Waals surface area (Å²) < 4.78 is 0.990. The topological polar surface area (TPSA) is 46.2 Å². The second kappa shape index (κ2) is 4.55. The molecular weight excluding hydrogens is 250 g/mol. The second-order valence-corrected chi connectivity index (χ2v) is 5.20. The minimum Gasteiger partial charge on any atom is -0.391 e. The molecule has 1 heterocycles. The first-order valence-corrected chi connectivity index (χ1v) is 5.88. The van der Waals surface area contributed by atoms with Crippen LogP contribution in [0, 0.1) is 5.92 Å². The fraction of sp³-hybridized carbons (Fsp3) is 0.556. The highest BCUT2D eigenvalue weighted by Crippen LogP contribution is 2.31. The predicted octanol–water partition coefficient (Wildman–Crippen LogP) is 2.53. The summed E-state index contributed by atoms with van der Waals surface area (Å²) >= 11 is 4.98. The van der Waals surface area contributed by atoms with Crippen LogP contribution in [0.15, 0.2) is 15.9 Å². The van der Waals surface area contributed by atoms with Gasteiger partial charge in [0.25, 0.3) is 0 Å². The van der Waals surface area contributed by atoms with Gasteiger partial charge in [-0.3, -0.25) is 0 Å². The molecule has 0 bridgehead atoms. The highest BCUT2D eigenvalue weighted by molar-refractivity contribution is 9.10. The van der Waals surface area contributed by atoms with E-state index < -0.39 is 6.10 Å². The number of hydrogen-bond acceptors (Lipinski definition) is 3. The van der Waals surface area contributed by atoms with Crippen molar-refractivity contribution in [3.8, 4) is 0 Å². The zero-order valence-electron chi connectivity index (χ0n) is 7.70. The number of thiophene rings is 1. The number of nitrogens with two attached hydrogens (primary N) is 1. The van der Waals surface area contributed by atoms with E-state index in [1.807, 2.05) is 25.3 Å². The lowest BCUT2D eigenvalue weighted by atomic mass is 9.99. The highest BCUT2D eigenvalue weighted by Gasteiger charge is 2.22. The first-order chi connectivity index (χ1) is 6.04. The van der Waals surface area contributed by atoms with Gasteiger partial charge in [-0.2, -0.15) is 0 Å². The molecule has 0 aliphatic heterocycles. The van der Waals surface area contributed by atoms with Gasteiger partial charge in [-0.05, 0) is 33.3 Å². The number of rotatable bonds is 3. The molecular formula is C9H14BrNOS. The van der Waals surface area contributed by atoms with Crippen molar-refractivity contribution >= 4 is 27.3 Å². The van der Waals surface area contributed by atoms with Crippen LogP contribution < -0.4 is 5.73 Å². The average Bonchev–Trinajstić information content (AvgIpc) is 2.48. The number of aliphatic hydroxyl groups is 1. The Morgan fingerprint density at radius 3 is 2.54 bits per heavy atom. The largest absolute Gasteiger partial charge is 0.391 e. The molecule has 0 radical (unpaired) electrons. The Bertz CT molecular complexity index is 274. The monoisotopic (exact) mass is 263 g/mol. The van der Waals surface area contributed by atoms with Crippen molar-refractivity contribution in [1.29, 1.82) is 0 Å². The van der Waals surface area contributed by atoms with Gasteiger partial charge in [0.1, 0.15) is 0 Å². The van der Waals surface area contributed by atoms with Crippen LogP contribution in [0.25, 0.3) is 0 Å². The molecule has 74 valence electrons. The summed E-state index contributed by atoms with van der Waals surface area (Å²) in [7, 11) is 0. The molecule has 4 heteroatoms. The Morgan fingerprint density at radius 1 is 1.54 bits per heavy atom. The standard InChI is InChI=1S/C9H14BrNOS/c1-5(2)8(12)7(11)9-6(10)3-4-13-9/h3-5,7-8,12H,11H2,1-2H3. The molecule has 2 nitrogen and oxygen atoms in total. The molecule has 0 amide bonds. The lowest BCUT2D eigenvalue weighted by molar-refractivity contribution is 0.0989. The molecule has 0 saturated heterocycles. The average molecular weight is 264 g/mol. The molecule has 0 aromatic carbocycles. The Balaban J connectivity index is 2.79. The van der Waals surface area contributed by atoms with Crippen LogP contribution in [0.5, 0.6) is 0 Å². The maximum atomic E-state index is 9.75. The molecule has 0 fully saturated rings. The molecule has 2 unspecified atom stereocenters. The summed E-state index contributed by atoms with van der Waals surface area (Å²) in [4.78, 5) is 1.02. The van der Waals surface area contributed by atoms with Crippen LogP contribution >= 0.6 is 27.3 Å². The molecule has 0 aliphatic carbocycles. The molecule has 3 N–H and O–H groups in total. The lowest BCUT2D eigenvalue weighted by Gasteiger charge is -2.21. The number of halogens is 1. The summed E-state index contributed by atoms with van der Waals surface area (Å²) in [6.07, 6.45) is -0.477. The maximum absolute atomic E-state index is 9.75. The molecule has 0 aliphatic rings. The third-order valence-electron chi connectivity index (χ3n) is 2.00. The summed E-state index contributed by atoms with van der Waals surface area (Å²) in [5.74, 6) is 0.184. The normalized spacial score (nSPS) is 16.2. The van der Waals surface area contributed by atoms with Gasteiger partial charge in [0, 0.05) is 9.35 Å². The zero-order chi connectivity index (χ0) is 10.0. The smallest absolute Gasteiger partial charge is 0.0764 e. The van der Waals surface area contributed by atoms with E-state index in [4.69, 9.17) is 5.73 Å². The Labute approximate surface area is 90.9 Å². The van der Waals surface area contributed by atoms with Gasteiger partial charge in [-0.25, -0.2) is 0 Å². The van der Waals surface area contributed by atoms with Crippen LogP contribution in [-0.4, -0.2) is 11.2 Å². The minimum atomic E-state index is -0.477. The van der Waals surface area contributed by atoms with Crippen LogP contribution in [0.1, 0.15) is 24.8 Å². The van der Waals surface area contributed by atoms with Crippen LogP contribution in [-0.2, 0) is 0 Å². The Hall–Kier alpha value is 0.100. The van der Waals surface area contributed by atoms with E-state index in [0.717, 1.165) is 9.35 Å². The highest BCUT2D eigenvalue weighted by atomic mass is 79.9. The summed E-state index contributed by atoms with van der Waals surface area (Å²) in [5.41, 5.74) is 5.92. The number of aliphatic hydroxyl groups excluding tert-OH is 1. The summed E-state index contributed by atoms with van der Waals surface area (Å²) in [5, 5.41) is 11.7. The molecule has 2 atom stereocenters. The van der Waals surface area contributed by atoms with Crippen LogP contribution in [0.2, 0.25) is 0 Å². The molecule has 13 heavy (non-hydrogen) atoms. The third kappa shape index (κ3) is 2.53. The van der Waals surface area contributed by atoms with Crippen molar-refractivity contribution < 1.29 is 5.11 Å². The number of hydrogen-bond donors (Lipinski definition) is 2. The fourth-order valence-corrected chi connectivity index (χ4v) is 2.79. The molecule has 0 saturated carbocycles. The molecule has 1 aromatic rings. The first kappa shape index (κ1) is 11.2. The van der Waals surface area contributed by atoms with Gasteiger partial charge in [0.2, 0.25) is 0 Å². The minimum absolute atomic E-state index is 0.184. The van der Waals surface area contributed by atoms with Crippen molar-refractivity contribution in [2.24, 2.45) is 11.7 Å². The second-order valence-electron chi connectivity index (χ2n) is 3.39. The summed E-state index contributed by atoms with van der Waals surface area (Å²) in [6, 6.07) is 1.67. The molecule has 1 rings (SSSR count).